The SMILES string of the molecule is C[C](CO)c1cccc([N+](=O)[O-])c1F. The van der Waals surface area contributed by atoms with Crippen molar-refractivity contribution in [3.63, 3.8) is 0 Å². The Morgan fingerprint density at radius 1 is 1.64 bits per heavy atom. The molecule has 1 aromatic carbocycles. The van der Waals surface area contributed by atoms with Crippen LogP contribution < -0.4 is 0 Å². The van der Waals surface area contributed by atoms with Gasteiger partial charge < -0.3 is 5.11 Å². The number of nitro groups is 1. The molecule has 4 nitrogen and oxygen atoms in total. The Balaban J connectivity index is 3.20. The number of aliphatic hydroxyl groups excluding tert-OH is 1. The summed E-state index contributed by atoms with van der Waals surface area (Å²) < 4.78 is 13.4. The Bertz CT molecular complexity index is 354. The minimum Gasteiger partial charge on any atom is -0.395 e. The summed E-state index contributed by atoms with van der Waals surface area (Å²) in [5, 5.41) is 19.1. The first-order valence-electron chi connectivity index (χ1n) is 3.94. The van der Waals surface area contributed by atoms with Crippen molar-refractivity contribution < 1.29 is 14.4 Å². The molecular formula is C9H9FNO3. The zero-order chi connectivity index (χ0) is 10.7. The molecule has 1 rings (SSSR count). The fourth-order valence-corrected chi connectivity index (χ4v) is 1.08. The minimum atomic E-state index is -0.899. The number of benzene rings is 1. The van der Waals surface area contributed by atoms with Gasteiger partial charge in [-0.2, -0.15) is 4.39 Å². The molecule has 0 atom stereocenters. The highest BCUT2D eigenvalue weighted by Crippen LogP contribution is 2.25. The van der Waals surface area contributed by atoms with Crippen molar-refractivity contribution in [2.24, 2.45) is 0 Å². The fraction of sp³-hybridized carbons (Fsp3) is 0.222. The van der Waals surface area contributed by atoms with Crippen LogP contribution in [0.15, 0.2) is 18.2 Å². The van der Waals surface area contributed by atoms with E-state index in [1.54, 1.807) is 0 Å². The third-order valence-electron chi connectivity index (χ3n) is 1.87. The predicted molar refractivity (Wildman–Crippen MR) is 48.2 cm³/mol. The van der Waals surface area contributed by atoms with Gasteiger partial charge >= 0.3 is 5.69 Å². The summed E-state index contributed by atoms with van der Waals surface area (Å²) in [5.74, 6) is -0.532. The van der Waals surface area contributed by atoms with Crippen LogP contribution in [0.25, 0.3) is 0 Å². The molecule has 0 unspecified atom stereocenters. The van der Waals surface area contributed by atoms with Gasteiger partial charge in [-0.05, 0) is 0 Å². The van der Waals surface area contributed by atoms with Gasteiger partial charge in [0.15, 0.2) is 0 Å². The van der Waals surface area contributed by atoms with Gasteiger partial charge in [0.25, 0.3) is 0 Å². The number of aliphatic hydroxyl groups is 1. The van der Waals surface area contributed by atoms with Gasteiger partial charge in [0.1, 0.15) is 0 Å². The van der Waals surface area contributed by atoms with Crippen molar-refractivity contribution in [3.8, 4) is 0 Å². The summed E-state index contributed by atoms with van der Waals surface area (Å²) in [4.78, 5) is 9.59. The van der Waals surface area contributed by atoms with E-state index in [1.807, 2.05) is 0 Å². The van der Waals surface area contributed by atoms with E-state index in [0.29, 0.717) is 5.92 Å². The van der Waals surface area contributed by atoms with E-state index in [9.17, 15) is 14.5 Å². The second-order valence-electron chi connectivity index (χ2n) is 2.83. The Morgan fingerprint density at radius 3 is 2.79 bits per heavy atom. The van der Waals surface area contributed by atoms with Crippen LogP contribution >= 0.6 is 0 Å². The van der Waals surface area contributed by atoms with E-state index >= 15 is 0 Å². The van der Waals surface area contributed by atoms with Gasteiger partial charge in [-0.3, -0.25) is 10.1 Å². The quantitative estimate of drug-likeness (QED) is 0.593. The van der Waals surface area contributed by atoms with Gasteiger partial charge in [-0.25, -0.2) is 0 Å². The van der Waals surface area contributed by atoms with Crippen LogP contribution in [0, 0.1) is 21.8 Å². The molecule has 0 fully saturated rings. The molecule has 14 heavy (non-hydrogen) atoms. The van der Waals surface area contributed by atoms with Crippen molar-refractivity contribution in [2.75, 3.05) is 6.61 Å². The first-order chi connectivity index (χ1) is 6.57. The number of nitro benzene ring substituents is 1. The molecule has 0 spiro atoms. The van der Waals surface area contributed by atoms with E-state index in [1.165, 1.54) is 19.1 Å². The van der Waals surface area contributed by atoms with E-state index in [0.717, 1.165) is 6.07 Å². The van der Waals surface area contributed by atoms with E-state index in [4.69, 9.17) is 5.11 Å². The number of halogens is 1. The zero-order valence-electron chi connectivity index (χ0n) is 7.53. The van der Waals surface area contributed by atoms with Gasteiger partial charge in [0, 0.05) is 17.5 Å². The predicted octanol–water partition coefficient (Wildman–Crippen LogP) is 1.67. The molecule has 0 saturated carbocycles. The van der Waals surface area contributed by atoms with E-state index in [-0.39, 0.29) is 12.2 Å². The van der Waals surface area contributed by atoms with Gasteiger partial charge in [-0.1, -0.05) is 19.1 Å². The van der Waals surface area contributed by atoms with Gasteiger partial charge in [0.05, 0.1) is 11.5 Å². The van der Waals surface area contributed by atoms with Crippen molar-refractivity contribution in [1.82, 2.24) is 0 Å². The standard InChI is InChI=1S/C9H9FNO3/c1-6(5-12)7-3-2-4-8(9(7)10)11(13)14/h2-4,12H,5H2,1H3. The lowest BCUT2D eigenvalue weighted by Gasteiger charge is -2.07. The third-order valence-corrected chi connectivity index (χ3v) is 1.87. The summed E-state index contributed by atoms with van der Waals surface area (Å²) in [7, 11) is 0. The topological polar surface area (TPSA) is 63.4 Å². The van der Waals surface area contributed by atoms with Crippen molar-refractivity contribution >= 4 is 5.69 Å². The maximum atomic E-state index is 13.4. The molecule has 0 bridgehead atoms. The molecule has 0 saturated heterocycles. The lowest BCUT2D eigenvalue weighted by molar-refractivity contribution is -0.387. The molecule has 0 aromatic heterocycles. The summed E-state index contributed by atoms with van der Waals surface area (Å²) in [6, 6.07) is 3.87. The highest BCUT2D eigenvalue weighted by molar-refractivity contribution is 5.42. The lowest BCUT2D eigenvalue weighted by Crippen LogP contribution is -2.05. The summed E-state index contributed by atoms with van der Waals surface area (Å²) >= 11 is 0. The number of nitrogens with zero attached hydrogens (tertiary/aromatic N) is 1. The molecule has 1 N–H and O–H groups in total. The molecule has 1 aromatic rings. The maximum absolute atomic E-state index is 13.4. The van der Waals surface area contributed by atoms with Gasteiger partial charge in [0.2, 0.25) is 5.82 Å². The maximum Gasteiger partial charge on any atom is 0.305 e. The molecule has 1 radical (unpaired) electrons. The molecule has 0 aliphatic carbocycles. The first kappa shape index (κ1) is 10.6. The fourth-order valence-electron chi connectivity index (χ4n) is 1.08. The normalized spacial score (nSPS) is 10.6. The van der Waals surface area contributed by atoms with Gasteiger partial charge in [-0.15, -0.1) is 0 Å². The summed E-state index contributed by atoms with van der Waals surface area (Å²) in [6.07, 6.45) is 0. The minimum absolute atomic E-state index is 0.0849. The molecule has 0 aliphatic rings. The molecule has 0 amide bonds. The van der Waals surface area contributed by atoms with Crippen LogP contribution in [0.4, 0.5) is 10.1 Å². The van der Waals surface area contributed by atoms with Crippen LogP contribution in [0.5, 0.6) is 0 Å². The first-order valence-corrected chi connectivity index (χ1v) is 3.94. The van der Waals surface area contributed by atoms with Crippen LogP contribution in [0.3, 0.4) is 0 Å². The second kappa shape index (κ2) is 4.15. The van der Waals surface area contributed by atoms with Crippen LogP contribution in [-0.2, 0) is 0 Å². The molecule has 75 valence electrons. The monoisotopic (exact) mass is 198 g/mol. The van der Waals surface area contributed by atoms with E-state index < -0.39 is 16.4 Å². The summed E-state index contributed by atoms with van der Waals surface area (Å²) in [6.45, 7) is 1.19. The Hall–Kier alpha value is -1.49. The lowest BCUT2D eigenvalue weighted by atomic mass is 10.0. The van der Waals surface area contributed by atoms with E-state index in [2.05, 4.69) is 0 Å². The molecule has 5 heteroatoms. The van der Waals surface area contributed by atoms with Crippen molar-refractivity contribution in [1.29, 1.82) is 0 Å². The van der Waals surface area contributed by atoms with Crippen LogP contribution in [-0.4, -0.2) is 16.6 Å². The molecule has 0 aliphatic heterocycles. The number of hydrogen-bond acceptors (Lipinski definition) is 3. The summed E-state index contributed by atoms with van der Waals surface area (Å²) in [5.41, 5.74) is -0.489. The Kier molecular flexibility index (Phi) is 3.14. The number of hydrogen-bond donors (Lipinski definition) is 1. The zero-order valence-corrected chi connectivity index (χ0v) is 7.53. The highest BCUT2D eigenvalue weighted by atomic mass is 19.1. The van der Waals surface area contributed by atoms with Crippen molar-refractivity contribution in [2.45, 2.75) is 6.92 Å². The average Bonchev–Trinajstić information content (AvgIpc) is 2.16. The third kappa shape index (κ3) is 1.88. The molecule has 0 heterocycles. The molecular weight excluding hydrogens is 189 g/mol. The Labute approximate surface area is 80.1 Å². The largest absolute Gasteiger partial charge is 0.395 e. The second-order valence-corrected chi connectivity index (χ2v) is 2.83. The smallest absolute Gasteiger partial charge is 0.305 e. The van der Waals surface area contributed by atoms with Crippen LogP contribution in [0.2, 0.25) is 0 Å². The van der Waals surface area contributed by atoms with Crippen molar-refractivity contribution in [3.05, 3.63) is 45.6 Å². The average molecular weight is 198 g/mol. The number of rotatable bonds is 3. The Morgan fingerprint density at radius 2 is 2.29 bits per heavy atom. The highest BCUT2D eigenvalue weighted by Gasteiger charge is 2.20. The van der Waals surface area contributed by atoms with Crippen LogP contribution in [0.1, 0.15) is 12.5 Å².